The van der Waals surface area contributed by atoms with E-state index in [1.54, 1.807) is 16.0 Å². The molecule has 0 radical (unpaired) electrons. The maximum absolute atomic E-state index is 4.75. The number of hydrogen-bond donors (Lipinski definition) is 0. The fourth-order valence-corrected chi connectivity index (χ4v) is 4.18. The number of fused-ring (bicyclic) bond motifs is 2. The lowest BCUT2D eigenvalue weighted by molar-refractivity contribution is 0.620. The zero-order chi connectivity index (χ0) is 15.9. The molecule has 5 rings (SSSR count). The second-order valence-corrected chi connectivity index (χ2v) is 7.03. The summed E-state index contributed by atoms with van der Waals surface area (Å²) in [6, 6.07) is 5.85. The molecule has 0 spiro atoms. The number of thiazole rings is 1. The number of aryl methyl sites for hydroxylation is 2. The molecule has 0 amide bonds. The number of rotatable bonds is 3. The van der Waals surface area contributed by atoms with Crippen LogP contribution in [0, 0.1) is 0 Å². The second kappa shape index (κ2) is 5.48. The van der Waals surface area contributed by atoms with Gasteiger partial charge in [0.15, 0.2) is 11.5 Å². The van der Waals surface area contributed by atoms with Crippen LogP contribution in [-0.4, -0.2) is 34.6 Å². The molecule has 0 saturated heterocycles. The van der Waals surface area contributed by atoms with Crippen molar-refractivity contribution in [3.05, 3.63) is 47.0 Å². The van der Waals surface area contributed by atoms with Crippen LogP contribution in [0.3, 0.4) is 0 Å². The standard InChI is InChI=1S/C16H15N7S/c1-2-6-13-11(5-1)17-16(24-13)12-9-22(21-18-12)10-15-20-19-14-7-3-4-8-23(14)15/h3-4,7-9H,1-2,5-6,10H2. The number of pyridine rings is 1. The van der Waals surface area contributed by atoms with Gasteiger partial charge in [0.1, 0.15) is 17.2 Å². The van der Waals surface area contributed by atoms with Crippen LogP contribution in [0.2, 0.25) is 0 Å². The first-order valence-electron chi connectivity index (χ1n) is 8.04. The third-order valence-corrected chi connectivity index (χ3v) is 5.47. The van der Waals surface area contributed by atoms with Crippen molar-refractivity contribution in [1.29, 1.82) is 0 Å². The van der Waals surface area contributed by atoms with E-state index >= 15 is 0 Å². The summed E-state index contributed by atoms with van der Waals surface area (Å²) in [5.74, 6) is 0.834. The quantitative estimate of drug-likeness (QED) is 0.574. The van der Waals surface area contributed by atoms with E-state index < -0.39 is 0 Å². The molecule has 0 bridgehead atoms. The third-order valence-electron chi connectivity index (χ3n) is 4.29. The summed E-state index contributed by atoms with van der Waals surface area (Å²) in [7, 11) is 0. The molecule has 8 heteroatoms. The van der Waals surface area contributed by atoms with E-state index in [9.17, 15) is 0 Å². The Bertz CT molecular complexity index is 989. The van der Waals surface area contributed by atoms with Crippen LogP contribution in [0.15, 0.2) is 30.6 Å². The van der Waals surface area contributed by atoms with E-state index in [1.165, 1.54) is 23.4 Å². The molecule has 0 unspecified atom stereocenters. The summed E-state index contributed by atoms with van der Waals surface area (Å²) < 4.78 is 3.75. The molecule has 0 atom stereocenters. The van der Waals surface area contributed by atoms with Gasteiger partial charge in [-0.1, -0.05) is 11.3 Å². The van der Waals surface area contributed by atoms with Gasteiger partial charge in [0.2, 0.25) is 0 Å². The van der Waals surface area contributed by atoms with Crippen LogP contribution in [0.5, 0.6) is 0 Å². The summed E-state index contributed by atoms with van der Waals surface area (Å²) >= 11 is 1.75. The minimum Gasteiger partial charge on any atom is -0.285 e. The Kier molecular flexibility index (Phi) is 3.15. The van der Waals surface area contributed by atoms with Gasteiger partial charge in [0.25, 0.3) is 0 Å². The first kappa shape index (κ1) is 13.8. The summed E-state index contributed by atoms with van der Waals surface area (Å²) in [5, 5.41) is 17.9. The Morgan fingerprint density at radius 3 is 3.00 bits per heavy atom. The monoisotopic (exact) mass is 337 g/mol. The lowest BCUT2D eigenvalue weighted by Gasteiger charge is -2.06. The van der Waals surface area contributed by atoms with E-state index in [0.29, 0.717) is 6.54 Å². The second-order valence-electron chi connectivity index (χ2n) is 5.94. The van der Waals surface area contributed by atoms with Crippen LogP contribution in [-0.2, 0) is 19.4 Å². The van der Waals surface area contributed by atoms with Gasteiger partial charge < -0.3 is 0 Å². The molecule has 0 saturated carbocycles. The molecule has 1 aliphatic carbocycles. The molecule has 7 nitrogen and oxygen atoms in total. The topological polar surface area (TPSA) is 73.8 Å². The Morgan fingerprint density at radius 1 is 1.08 bits per heavy atom. The predicted octanol–water partition coefficient (Wildman–Crippen LogP) is 2.37. The number of nitrogens with zero attached hydrogens (tertiary/aromatic N) is 7. The van der Waals surface area contributed by atoms with Crippen molar-refractivity contribution in [3.8, 4) is 10.7 Å². The molecular weight excluding hydrogens is 322 g/mol. The molecule has 1 aliphatic rings. The third kappa shape index (κ3) is 2.30. The van der Waals surface area contributed by atoms with Crippen LogP contribution >= 0.6 is 11.3 Å². The smallest absolute Gasteiger partial charge is 0.160 e. The van der Waals surface area contributed by atoms with Gasteiger partial charge in [-0.05, 0) is 37.8 Å². The maximum Gasteiger partial charge on any atom is 0.160 e. The average molecular weight is 337 g/mol. The summed E-state index contributed by atoms with van der Waals surface area (Å²) in [6.07, 6.45) is 8.63. The van der Waals surface area contributed by atoms with E-state index in [2.05, 4.69) is 20.5 Å². The number of aromatic nitrogens is 7. The molecule has 4 heterocycles. The fraction of sp³-hybridized carbons (Fsp3) is 0.312. The minimum atomic E-state index is 0.531. The highest BCUT2D eigenvalue weighted by Gasteiger charge is 2.18. The SMILES string of the molecule is c1ccn2c(Cn3cc(-c4nc5c(s4)CCCC5)nn3)nnc2c1. The maximum atomic E-state index is 4.75. The molecule has 0 N–H and O–H groups in total. The zero-order valence-corrected chi connectivity index (χ0v) is 13.8. The normalized spacial score (nSPS) is 14.2. The molecule has 120 valence electrons. The molecule has 0 aliphatic heterocycles. The van der Waals surface area contributed by atoms with Crippen LogP contribution < -0.4 is 0 Å². The fourth-order valence-electron chi connectivity index (χ4n) is 3.08. The highest BCUT2D eigenvalue weighted by molar-refractivity contribution is 7.15. The Hall–Kier alpha value is -2.61. The molecule has 0 aromatic carbocycles. The highest BCUT2D eigenvalue weighted by atomic mass is 32.1. The van der Waals surface area contributed by atoms with Crippen molar-refractivity contribution in [3.63, 3.8) is 0 Å². The van der Waals surface area contributed by atoms with Gasteiger partial charge in [-0.15, -0.1) is 26.6 Å². The van der Waals surface area contributed by atoms with Gasteiger partial charge in [-0.25, -0.2) is 9.67 Å². The molecule has 4 aromatic rings. The van der Waals surface area contributed by atoms with Gasteiger partial charge in [-0.3, -0.25) is 4.40 Å². The van der Waals surface area contributed by atoms with E-state index in [0.717, 1.165) is 35.0 Å². The Balaban J connectivity index is 1.44. The summed E-state index contributed by atoms with van der Waals surface area (Å²) in [4.78, 5) is 6.16. The largest absolute Gasteiger partial charge is 0.285 e. The Morgan fingerprint density at radius 2 is 2.04 bits per heavy atom. The number of hydrogen-bond acceptors (Lipinski definition) is 6. The summed E-state index contributed by atoms with van der Waals surface area (Å²) in [6.45, 7) is 0.531. The van der Waals surface area contributed by atoms with Crippen molar-refractivity contribution in [2.24, 2.45) is 0 Å². The van der Waals surface area contributed by atoms with Gasteiger partial charge >= 0.3 is 0 Å². The molecular formula is C16H15N7S. The van der Waals surface area contributed by atoms with Crippen molar-refractivity contribution >= 4 is 17.0 Å². The first-order valence-corrected chi connectivity index (χ1v) is 8.86. The molecule has 0 fully saturated rings. The van der Waals surface area contributed by atoms with Crippen molar-refractivity contribution in [1.82, 2.24) is 34.6 Å². The van der Waals surface area contributed by atoms with Crippen LogP contribution in [0.25, 0.3) is 16.3 Å². The predicted molar refractivity (Wildman–Crippen MR) is 89.9 cm³/mol. The average Bonchev–Trinajstić information content (AvgIpc) is 3.33. The molecule has 24 heavy (non-hydrogen) atoms. The van der Waals surface area contributed by atoms with Gasteiger partial charge in [-0.2, -0.15) is 0 Å². The van der Waals surface area contributed by atoms with E-state index in [-0.39, 0.29) is 0 Å². The lowest BCUT2D eigenvalue weighted by Crippen LogP contribution is -2.04. The van der Waals surface area contributed by atoms with E-state index in [1.807, 2.05) is 35.0 Å². The Labute approximate surface area is 142 Å². The van der Waals surface area contributed by atoms with Crippen molar-refractivity contribution in [2.45, 2.75) is 32.2 Å². The highest BCUT2D eigenvalue weighted by Crippen LogP contribution is 2.31. The van der Waals surface area contributed by atoms with Gasteiger partial charge in [0.05, 0.1) is 11.9 Å². The van der Waals surface area contributed by atoms with Crippen LogP contribution in [0.1, 0.15) is 29.2 Å². The van der Waals surface area contributed by atoms with Gasteiger partial charge in [0, 0.05) is 11.1 Å². The van der Waals surface area contributed by atoms with Crippen molar-refractivity contribution < 1.29 is 0 Å². The lowest BCUT2D eigenvalue weighted by atomic mass is 10.0. The zero-order valence-electron chi connectivity index (χ0n) is 13.0. The van der Waals surface area contributed by atoms with Crippen molar-refractivity contribution in [2.75, 3.05) is 0 Å². The van der Waals surface area contributed by atoms with Crippen LogP contribution in [0.4, 0.5) is 0 Å². The first-order chi connectivity index (χ1) is 11.9. The summed E-state index contributed by atoms with van der Waals surface area (Å²) in [5.41, 5.74) is 2.92. The minimum absolute atomic E-state index is 0.531. The van der Waals surface area contributed by atoms with E-state index in [4.69, 9.17) is 4.98 Å². The molecule has 4 aromatic heterocycles.